The van der Waals surface area contributed by atoms with Gasteiger partial charge in [0.25, 0.3) is 0 Å². The van der Waals surface area contributed by atoms with Gasteiger partial charge in [0.05, 0.1) is 0 Å². The highest BCUT2D eigenvalue weighted by atomic mass is 79.9. The van der Waals surface area contributed by atoms with E-state index in [9.17, 15) is 9.59 Å². The molecule has 5 heteroatoms. The van der Waals surface area contributed by atoms with Crippen molar-refractivity contribution in [2.75, 3.05) is 5.33 Å². The summed E-state index contributed by atoms with van der Waals surface area (Å²) in [6.07, 6.45) is 4.56. The molecule has 0 radical (unpaired) electrons. The fourth-order valence-electron chi connectivity index (χ4n) is 1.30. The molecule has 0 aliphatic rings. The molecule has 15 heavy (non-hydrogen) atoms. The SMILES string of the molecule is CC(=O)NC(CCCCCCBr)C(=O)O. The number of unbranched alkanes of at least 4 members (excludes halogenated alkanes) is 3. The lowest BCUT2D eigenvalue weighted by Crippen LogP contribution is -2.39. The highest BCUT2D eigenvalue weighted by Gasteiger charge is 2.16. The van der Waals surface area contributed by atoms with Crippen LogP contribution in [-0.2, 0) is 9.59 Å². The molecule has 0 aromatic heterocycles. The summed E-state index contributed by atoms with van der Waals surface area (Å²) in [5.41, 5.74) is 0. The van der Waals surface area contributed by atoms with E-state index in [1.54, 1.807) is 0 Å². The summed E-state index contributed by atoms with van der Waals surface area (Å²) in [5, 5.41) is 12.2. The Labute approximate surface area is 98.6 Å². The molecule has 0 aromatic rings. The number of carboxylic acids is 1. The van der Waals surface area contributed by atoms with Gasteiger partial charge in [-0.1, -0.05) is 35.2 Å². The van der Waals surface area contributed by atoms with Crippen LogP contribution in [0, 0.1) is 0 Å². The average molecular weight is 280 g/mol. The molecule has 0 aliphatic carbocycles. The van der Waals surface area contributed by atoms with Crippen LogP contribution in [0.25, 0.3) is 0 Å². The summed E-state index contributed by atoms with van der Waals surface area (Å²) in [6, 6.07) is -0.730. The Morgan fingerprint density at radius 1 is 1.27 bits per heavy atom. The average Bonchev–Trinajstić information content (AvgIpc) is 2.15. The van der Waals surface area contributed by atoms with Gasteiger partial charge in [0.2, 0.25) is 5.91 Å². The zero-order valence-electron chi connectivity index (χ0n) is 8.96. The van der Waals surface area contributed by atoms with Gasteiger partial charge in [-0.25, -0.2) is 4.79 Å². The molecule has 0 heterocycles. The number of amides is 1. The van der Waals surface area contributed by atoms with Crippen LogP contribution >= 0.6 is 15.9 Å². The Morgan fingerprint density at radius 3 is 2.33 bits per heavy atom. The number of nitrogens with one attached hydrogen (secondary N) is 1. The van der Waals surface area contributed by atoms with E-state index in [0.717, 1.165) is 31.0 Å². The number of carbonyl (C=O) groups excluding carboxylic acids is 1. The van der Waals surface area contributed by atoms with Gasteiger partial charge in [-0.15, -0.1) is 0 Å². The lowest BCUT2D eigenvalue weighted by Gasteiger charge is -2.12. The smallest absolute Gasteiger partial charge is 0.326 e. The van der Waals surface area contributed by atoms with Gasteiger partial charge in [0.1, 0.15) is 6.04 Å². The van der Waals surface area contributed by atoms with E-state index in [2.05, 4.69) is 21.2 Å². The summed E-state index contributed by atoms with van der Waals surface area (Å²) in [5.74, 6) is -1.24. The number of halogens is 1. The third-order valence-electron chi connectivity index (χ3n) is 2.05. The maximum atomic E-state index is 10.7. The second-order valence-corrected chi connectivity index (χ2v) is 4.28. The highest BCUT2D eigenvalue weighted by Crippen LogP contribution is 2.07. The Kier molecular flexibility index (Phi) is 8.37. The molecule has 88 valence electrons. The van der Waals surface area contributed by atoms with Crippen molar-refractivity contribution in [3.05, 3.63) is 0 Å². The molecule has 0 rings (SSSR count). The highest BCUT2D eigenvalue weighted by molar-refractivity contribution is 9.09. The van der Waals surface area contributed by atoms with Crippen molar-refractivity contribution in [2.24, 2.45) is 0 Å². The van der Waals surface area contributed by atoms with Crippen molar-refractivity contribution in [1.82, 2.24) is 5.32 Å². The van der Waals surface area contributed by atoms with Gasteiger partial charge in [-0.3, -0.25) is 4.79 Å². The molecule has 0 bridgehead atoms. The van der Waals surface area contributed by atoms with E-state index in [1.165, 1.54) is 6.92 Å². The topological polar surface area (TPSA) is 66.4 Å². The van der Waals surface area contributed by atoms with Crippen molar-refractivity contribution in [3.63, 3.8) is 0 Å². The van der Waals surface area contributed by atoms with Crippen LogP contribution in [-0.4, -0.2) is 28.4 Å². The first-order valence-electron chi connectivity index (χ1n) is 5.13. The minimum absolute atomic E-state index is 0.289. The van der Waals surface area contributed by atoms with Crippen molar-refractivity contribution in [1.29, 1.82) is 0 Å². The van der Waals surface area contributed by atoms with Gasteiger partial charge < -0.3 is 10.4 Å². The monoisotopic (exact) mass is 279 g/mol. The fraction of sp³-hybridized carbons (Fsp3) is 0.800. The van der Waals surface area contributed by atoms with Crippen LogP contribution in [0.4, 0.5) is 0 Å². The second-order valence-electron chi connectivity index (χ2n) is 3.48. The fourth-order valence-corrected chi connectivity index (χ4v) is 1.70. The van der Waals surface area contributed by atoms with Crippen LogP contribution in [0.15, 0.2) is 0 Å². The molecule has 4 nitrogen and oxygen atoms in total. The molecule has 0 aliphatic heterocycles. The zero-order valence-corrected chi connectivity index (χ0v) is 10.5. The normalized spacial score (nSPS) is 12.1. The third kappa shape index (κ3) is 8.42. The van der Waals surface area contributed by atoms with Gasteiger partial charge >= 0.3 is 5.97 Å². The number of carboxylic acid groups (broad SMARTS) is 1. The zero-order chi connectivity index (χ0) is 11.7. The first kappa shape index (κ1) is 14.4. The molecule has 0 fully saturated rings. The molecular formula is C10H18BrNO3. The predicted octanol–water partition coefficient (Wildman–Crippen LogP) is 1.92. The minimum Gasteiger partial charge on any atom is -0.480 e. The minimum atomic E-state index is -0.953. The first-order valence-corrected chi connectivity index (χ1v) is 6.26. The van der Waals surface area contributed by atoms with Crippen LogP contribution in [0.2, 0.25) is 0 Å². The van der Waals surface area contributed by atoms with Crippen LogP contribution in [0.1, 0.15) is 39.0 Å². The molecule has 0 saturated carbocycles. The first-order chi connectivity index (χ1) is 7.07. The number of hydrogen-bond donors (Lipinski definition) is 2. The van der Waals surface area contributed by atoms with E-state index in [-0.39, 0.29) is 5.91 Å². The van der Waals surface area contributed by atoms with Crippen molar-refractivity contribution >= 4 is 27.8 Å². The van der Waals surface area contributed by atoms with E-state index in [4.69, 9.17) is 5.11 Å². The molecule has 0 spiro atoms. The quantitative estimate of drug-likeness (QED) is 0.527. The summed E-state index contributed by atoms with van der Waals surface area (Å²) < 4.78 is 0. The molecule has 1 atom stereocenters. The molecule has 1 unspecified atom stereocenters. The number of aliphatic carboxylic acids is 1. The van der Waals surface area contributed by atoms with Gasteiger partial charge in [-0.2, -0.15) is 0 Å². The second kappa shape index (κ2) is 8.71. The summed E-state index contributed by atoms with van der Waals surface area (Å²) >= 11 is 3.34. The number of carbonyl (C=O) groups is 2. The Hall–Kier alpha value is -0.580. The Bertz CT molecular complexity index is 209. The number of alkyl halides is 1. The van der Waals surface area contributed by atoms with E-state index in [1.807, 2.05) is 0 Å². The largest absolute Gasteiger partial charge is 0.480 e. The molecule has 2 N–H and O–H groups in total. The standard InChI is InChI=1S/C10H18BrNO3/c1-8(13)12-9(10(14)15)6-4-2-3-5-7-11/h9H,2-7H2,1H3,(H,12,13)(H,14,15). The van der Waals surface area contributed by atoms with E-state index in [0.29, 0.717) is 6.42 Å². The van der Waals surface area contributed by atoms with Crippen molar-refractivity contribution < 1.29 is 14.7 Å². The van der Waals surface area contributed by atoms with Crippen molar-refractivity contribution in [2.45, 2.75) is 45.1 Å². The number of rotatable bonds is 8. The van der Waals surface area contributed by atoms with Gasteiger partial charge in [-0.05, 0) is 12.8 Å². The molecular weight excluding hydrogens is 262 g/mol. The lowest BCUT2D eigenvalue weighted by molar-refractivity contribution is -0.141. The Morgan fingerprint density at radius 2 is 1.87 bits per heavy atom. The maximum Gasteiger partial charge on any atom is 0.326 e. The summed E-state index contributed by atoms with van der Waals surface area (Å²) in [6.45, 7) is 1.33. The summed E-state index contributed by atoms with van der Waals surface area (Å²) in [4.78, 5) is 21.4. The van der Waals surface area contributed by atoms with Crippen LogP contribution in [0.3, 0.4) is 0 Å². The molecule has 0 saturated heterocycles. The lowest BCUT2D eigenvalue weighted by atomic mass is 10.1. The number of hydrogen-bond acceptors (Lipinski definition) is 2. The van der Waals surface area contributed by atoms with E-state index >= 15 is 0 Å². The third-order valence-corrected chi connectivity index (χ3v) is 2.61. The van der Waals surface area contributed by atoms with Gasteiger partial charge in [0, 0.05) is 12.3 Å². The Balaban J connectivity index is 3.67. The predicted molar refractivity (Wildman–Crippen MR) is 62.1 cm³/mol. The van der Waals surface area contributed by atoms with Crippen molar-refractivity contribution in [3.8, 4) is 0 Å². The van der Waals surface area contributed by atoms with Crippen LogP contribution < -0.4 is 5.32 Å². The summed E-state index contributed by atoms with van der Waals surface area (Å²) in [7, 11) is 0. The van der Waals surface area contributed by atoms with Gasteiger partial charge in [0.15, 0.2) is 0 Å². The van der Waals surface area contributed by atoms with E-state index < -0.39 is 12.0 Å². The molecule has 1 amide bonds. The molecule has 0 aromatic carbocycles. The van der Waals surface area contributed by atoms with Crippen LogP contribution in [0.5, 0.6) is 0 Å². The maximum absolute atomic E-state index is 10.7.